The van der Waals surface area contributed by atoms with Crippen LogP contribution in [0.1, 0.15) is 12.8 Å². The third-order valence-corrected chi connectivity index (χ3v) is 2.52. The molecule has 10 heavy (non-hydrogen) atoms. The van der Waals surface area contributed by atoms with Gasteiger partial charge >= 0.3 is 0 Å². The third-order valence-electron chi connectivity index (χ3n) is 2.52. The van der Waals surface area contributed by atoms with E-state index in [1.807, 2.05) is 0 Å². The molecule has 0 aromatic carbocycles. The van der Waals surface area contributed by atoms with Gasteiger partial charge < -0.3 is 0 Å². The van der Waals surface area contributed by atoms with E-state index in [4.69, 9.17) is 0 Å². The Morgan fingerprint density at radius 3 is 2.00 bits per heavy atom. The second-order valence-electron chi connectivity index (χ2n) is 3.13. The number of likely N-dealkylation sites (N-methyl/N-ethyl adjacent to an activating group) is 1. The van der Waals surface area contributed by atoms with Gasteiger partial charge in [0.05, 0.1) is 0 Å². The van der Waals surface area contributed by atoms with Gasteiger partial charge in [-0.05, 0) is 19.9 Å². The SMILES string of the molecule is CN1C2C=CCC1C=CC2. The van der Waals surface area contributed by atoms with Crippen LogP contribution in [0.2, 0.25) is 0 Å². The Labute approximate surface area is 62.0 Å². The fraction of sp³-hybridized carbons (Fsp3) is 0.556. The van der Waals surface area contributed by atoms with Crippen molar-refractivity contribution >= 4 is 0 Å². The molecule has 54 valence electrons. The van der Waals surface area contributed by atoms with Gasteiger partial charge in [-0.1, -0.05) is 24.3 Å². The monoisotopic (exact) mass is 135 g/mol. The first-order valence-corrected chi connectivity index (χ1v) is 3.93. The van der Waals surface area contributed by atoms with E-state index in [0.717, 1.165) is 0 Å². The molecule has 2 aliphatic rings. The zero-order valence-corrected chi connectivity index (χ0v) is 6.33. The zero-order chi connectivity index (χ0) is 6.97. The van der Waals surface area contributed by atoms with Gasteiger partial charge in [0.2, 0.25) is 0 Å². The van der Waals surface area contributed by atoms with Crippen molar-refractivity contribution in [1.82, 2.24) is 4.90 Å². The highest BCUT2D eigenvalue weighted by Crippen LogP contribution is 2.22. The lowest BCUT2D eigenvalue weighted by atomic mass is 9.96. The van der Waals surface area contributed by atoms with Crippen molar-refractivity contribution in [2.24, 2.45) is 0 Å². The van der Waals surface area contributed by atoms with Crippen molar-refractivity contribution in [2.75, 3.05) is 7.05 Å². The number of hydrogen-bond acceptors (Lipinski definition) is 1. The molecule has 0 N–H and O–H groups in total. The van der Waals surface area contributed by atoms with E-state index < -0.39 is 0 Å². The van der Waals surface area contributed by atoms with Crippen molar-refractivity contribution in [3.8, 4) is 0 Å². The van der Waals surface area contributed by atoms with Crippen LogP contribution in [0.3, 0.4) is 0 Å². The highest BCUT2D eigenvalue weighted by molar-refractivity contribution is 5.14. The summed E-state index contributed by atoms with van der Waals surface area (Å²) in [5.41, 5.74) is 0. The molecule has 2 aliphatic heterocycles. The van der Waals surface area contributed by atoms with Crippen molar-refractivity contribution in [3.63, 3.8) is 0 Å². The Bertz CT molecular complexity index is 161. The summed E-state index contributed by atoms with van der Waals surface area (Å²) in [4.78, 5) is 2.44. The highest BCUT2D eigenvalue weighted by atomic mass is 15.2. The van der Waals surface area contributed by atoms with Crippen molar-refractivity contribution in [2.45, 2.75) is 24.9 Å². The fourth-order valence-electron chi connectivity index (χ4n) is 1.76. The van der Waals surface area contributed by atoms with Crippen LogP contribution in [-0.4, -0.2) is 24.0 Å². The lowest BCUT2D eigenvalue weighted by molar-refractivity contribution is 0.214. The number of fused-ring (bicyclic) bond motifs is 2. The minimum atomic E-state index is 0.684. The maximum Gasteiger partial charge on any atom is 0.0315 e. The molecule has 0 aliphatic carbocycles. The van der Waals surface area contributed by atoms with Crippen LogP contribution >= 0.6 is 0 Å². The molecule has 1 nitrogen and oxygen atoms in total. The molecule has 2 heterocycles. The Balaban J connectivity index is 2.26. The largest absolute Gasteiger partial charge is 0.293 e. The molecule has 0 aromatic heterocycles. The van der Waals surface area contributed by atoms with E-state index in [-0.39, 0.29) is 0 Å². The van der Waals surface area contributed by atoms with Crippen molar-refractivity contribution in [1.29, 1.82) is 0 Å². The number of hydrogen-bond donors (Lipinski definition) is 0. The lowest BCUT2D eigenvalue weighted by Gasteiger charge is -2.37. The maximum atomic E-state index is 2.44. The van der Waals surface area contributed by atoms with Crippen molar-refractivity contribution in [3.05, 3.63) is 24.3 Å². The minimum Gasteiger partial charge on any atom is -0.293 e. The van der Waals surface area contributed by atoms with Gasteiger partial charge in [-0.3, -0.25) is 4.90 Å². The quantitative estimate of drug-likeness (QED) is 0.456. The summed E-state index contributed by atoms with van der Waals surface area (Å²) in [5.74, 6) is 0. The van der Waals surface area contributed by atoms with E-state index in [1.165, 1.54) is 12.8 Å². The maximum absolute atomic E-state index is 2.44. The van der Waals surface area contributed by atoms with Crippen molar-refractivity contribution < 1.29 is 0 Å². The van der Waals surface area contributed by atoms with Crippen LogP contribution in [0.4, 0.5) is 0 Å². The van der Waals surface area contributed by atoms with Crippen LogP contribution in [-0.2, 0) is 0 Å². The van der Waals surface area contributed by atoms with Gasteiger partial charge in [0.25, 0.3) is 0 Å². The molecule has 1 heteroatoms. The summed E-state index contributed by atoms with van der Waals surface area (Å²) >= 11 is 0. The summed E-state index contributed by atoms with van der Waals surface area (Å²) in [6.07, 6.45) is 11.6. The molecule has 0 amide bonds. The predicted octanol–water partition coefficient (Wildman–Crippen LogP) is 1.58. The van der Waals surface area contributed by atoms with Crippen LogP contribution in [0.15, 0.2) is 24.3 Å². The van der Waals surface area contributed by atoms with Crippen LogP contribution in [0.25, 0.3) is 0 Å². The van der Waals surface area contributed by atoms with E-state index in [2.05, 4.69) is 36.3 Å². The van der Waals surface area contributed by atoms with Crippen LogP contribution < -0.4 is 0 Å². The molecule has 2 unspecified atom stereocenters. The summed E-state index contributed by atoms with van der Waals surface area (Å²) in [7, 11) is 2.21. The number of nitrogens with zero attached hydrogens (tertiary/aromatic N) is 1. The Kier molecular flexibility index (Phi) is 1.38. The highest BCUT2D eigenvalue weighted by Gasteiger charge is 2.23. The Hall–Kier alpha value is -0.560. The Morgan fingerprint density at radius 2 is 1.60 bits per heavy atom. The Morgan fingerprint density at radius 1 is 1.10 bits per heavy atom. The average molecular weight is 135 g/mol. The molecule has 0 saturated heterocycles. The first-order chi connectivity index (χ1) is 4.88. The second kappa shape index (κ2) is 2.24. The molecule has 0 aromatic rings. The summed E-state index contributed by atoms with van der Waals surface area (Å²) in [6, 6.07) is 1.37. The number of rotatable bonds is 0. The summed E-state index contributed by atoms with van der Waals surface area (Å²) in [6.45, 7) is 0. The summed E-state index contributed by atoms with van der Waals surface area (Å²) < 4.78 is 0. The first kappa shape index (κ1) is 6.17. The topological polar surface area (TPSA) is 3.24 Å². The van der Waals surface area contributed by atoms with Crippen LogP contribution in [0.5, 0.6) is 0 Å². The van der Waals surface area contributed by atoms with Gasteiger partial charge in [0.1, 0.15) is 0 Å². The molecule has 2 atom stereocenters. The van der Waals surface area contributed by atoms with Crippen LogP contribution in [0, 0.1) is 0 Å². The predicted molar refractivity (Wildman–Crippen MR) is 42.9 cm³/mol. The smallest absolute Gasteiger partial charge is 0.0315 e. The van der Waals surface area contributed by atoms with Gasteiger partial charge in [-0.25, -0.2) is 0 Å². The van der Waals surface area contributed by atoms with Gasteiger partial charge in [0, 0.05) is 12.1 Å². The summed E-state index contributed by atoms with van der Waals surface area (Å²) in [5, 5.41) is 0. The standard InChI is InChI=1S/C9H13N/c1-10-8-4-2-5-9(10)7-3-6-8/h2-4,7-9H,5-6H2,1H3. The normalized spacial score (nSPS) is 38.5. The molecule has 0 fully saturated rings. The molecular weight excluding hydrogens is 122 g/mol. The molecule has 0 radical (unpaired) electrons. The molecule has 0 saturated carbocycles. The molecule has 0 spiro atoms. The molecular formula is C9H13N. The second-order valence-corrected chi connectivity index (χ2v) is 3.13. The third kappa shape index (κ3) is 0.816. The molecule has 2 rings (SSSR count). The van der Waals surface area contributed by atoms with E-state index in [9.17, 15) is 0 Å². The van der Waals surface area contributed by atoms with E-state index >= 15 is 0 Å². The van der Waals surface area contributed by atoms with E-state index in [1.54, 1.807) is 0 Å². The van der Waals surface area contributed by atoms with Gasteiger partial charge in [-0.15, -0.1) is 0 Å². The fourth-order valence-corrected chi connectivity index (χ4v) is 1.76. The zero-order valence-electron chi connectivity index (χ0n) is 6.33. The van der Waals surface area contributed by atoms with E-state index in [0.29, 0.717) is 12.1 Å². The first-order valence-electron chi connectivity index (χ1n) is 3.93. The lowest BCUT2D eigenvalue weighted by Crippen LogP contribution is -2.42. The average Bonchev–Trinajstić information content (AvgIpc) is 1.86. The molecule has 2 bridgehead atoms. The minimum absolute atomic E-state index is 0.684. The van der Waals surface area contributed by atoms with Gasteiger partial charge in [-0.2, -0.15) is 0 Å². The van der Waals surface area contributed by atoms with Gasteiger partial charge in [0.15, 0.2) is 0 Å².